The van der Waals surface area contributed by atoms with Gasteiger partial charge in [0.1, 0.15) is 17.3 Å². The molecule has 1 fully saturated rings. The summed E-state index contributed by atoms with van der Waals surface area (Å²) in [5, 5.41) is 10.4. The number of pyridine rings is 1. The Morgan fingerprint density at radius 2 is 1.78 bits per heavy atom. The second-order valence-corrected chi connectivity index (χ2v) is 8.91. The van der Waals surface area contributed by atoms with Gasteiger partial charge in [-0.05, 0) is 49.2 Å². The number of ether oxygens (including phenoxy) is 1. The van der Waals surface area contributed by atoms with Crippen molar-refractivity contribution in [1.29, 1.82) is 0 Å². The van der Waals surface area contributed by atoms with Crippen LogP contribution >= 0.6 is 11.6 Å². The van der Waals surface area contributed by atoms with E-state index in [0.717, 1.165) is 12.8 Å². The lowest BCUT2D eigenvalue weighted by atomic mass is 10.1. The van der Waals surface area contributed by atoms with E-state index in [-0.39, 0.29) is 39.7 Å². The molecule has 0 saturated carbocycles. The Labute approximate surface area is 217 Å². The largest absolute Gasteiger partial charge is 0.381 e. The third kappa shape index (κ3) is 5.52. The van der Waals surface area contributed by atoms with Crippen LogP contribution in [0.5, 0.6) is 0 Å². The van der Waals surface area contributed by atoms with Crippen molar-refractivity contribution in [2.45, 2.75) is 18.9 Å². The fourth-order valence-corrected chi connectivity index (χ4v) is 4.28. The summed E-state index contributed by atoms with van der Waals surface area (Å²) in [5.41, 5.74) is 1.44. The topological polar surface area (TPSA) is 98.1 Å². The third-order valence-electron chi connectivity index (χ3n) is 5.98. The Bertz CT molecular complexity index is 1440. The average Bonchev–Trinajstić information content (AvgIpc) is 3.34. The van der Waals surface area contributed by atoms with Gasteiger partial charge in [0.05, 0.1) is 16.3 Å². The first kappa shape index (κ1) is 24.6. The third-order valence-corrected chi connectivity index (χ3v) is 6.31. The highest BCUT2D eigenvalue weighted by Gasteiger charge is 2.22. The zero-order chi connectivity index (χ0) is 25.8. The van der Waals surface area contributed by atoms with Crippen molar-refractivity contribution in [3.05, 3.63) is 95.0 Å². The Kier molecular flexibility index (Phi) is 7.25. The number of carbonyl (C=O) groups is 2. The lowest BCUT2D eigenvalue weighted by Gasteiger charge is -2.22. The molecule has 0 atom stereocenters. The summed E-state index contributed by atoms with van der Waals surface area (Å²) in [6, 6.07) is 18.0. The summed E-state index contributed by atoms with van der Waals surface area (Å²) < 4.78 is 21.1. The van der Waals surface area contributed by atoms with Gasteiger partial charge in [0.15, 0.2) is 5.69 Å². The maximum Gasteiger partial charge on any atom is 0.272 e. The number of carbonyl (C=O) groups excluding carboxylic acids is 2. The molecule has 2 amide bonds. The smallest absolute Gasteiger partial charge is 0.272 e. The van der Waals surface area contributed by atoms with Gasteiger partial charge in [-0.25, -0.2) is 9.07 Å². The Balaban J connectivity index is 1.45. The van der Waals surface area contributed by atoms with Crippen molar-refractivity contribution in [3.8, 4) is 16.9 Å². The standard InChI is InChI=1S/C27H23ClFN5O3/c28-21-9-8-17(25-22(29)7-4-12-30-25)15-20(21)26(35)32-24-16-23(27(36)31-18-10-13-37-14-11-18)33-34(24)19-5-2-1-3-6-19/h1-9,12,15-16,18H,10-11,13-14H2,(H,31,36)(H,32,35). The number of aromatic nitrogens is 3. The van der Waals surface area contributed by atoms with Gasteiger partial charge in [0, 0.05) is 37.1 Å². The SMILES string of the molecule is O=C(NC1CCOCC1)c1cc(NC(=O)c2cc(-c3ncccc3F)ccc2Cl)n(-c2ccccc2)n1. The number of nitrogens with zero attached hydrogens (tertiary/aromatic N) is 3. The van der Waals surface area contributed by atoms with Crippen LogP contribution in [0.2, 0.25) is 5.02 Å². The molecule has 10 heteroatoms. The van der Waals surface area contributed by atoms with Crippen molar-refractivity contribution in [1.82, 2.24) is 20.1 Å². The summed E-state index contributed by atoms with van der Waals surface area (Å²) in [5.74, 6) is -1.13. The number of benzene rings is 2. The van der Waals surface area contributed by atoms with Gasteiger partial charge in [-0.3, -0.25) is 14.6 Å². The summed E-state index contributed by atoms with van der Waals surface area (Å²) >= 11 is 6.33. The van der Waals surface area contributed by atoms with Crippen LogP contribution in [0.1, 0.15) is 33.7 Å². The van der Waals surface area contributed by atoms with Crippen LogP contribution < -0.4 is 10.6 Å². The van der Waals surface area contributed by atoms with Gasteiger partial charge in [-0.15, -0.1) is 0 Å². The highest BCUT2D eigenvalue weighted by molar-refractivity contribution is 6.34. The Morgan fingerprint density at radius 1 is 1.00 bits per heavy atom. The molecule has 4 aromatic rings. The van der Waals surface area contributed by atoms with Gasteiger partial charge in [-0.1, -0.05) is 35.9 Å². The van der Waals surface area contributed by atoms with Gasteiger partial charge in [0.25, 0.3) is 11.8 Å². The van der Waals surface area contributed by atoms with Gasteiger partial charge < -0.3 is 15.4 Å². The van der Waals surface area contributed by atoms with Crippen LogP contribution in [0.25, 0.3) is 16.9 Å². The number of para-hydroxylation sites is 1. The number of anilines is 1. The van der Waals surface area contributed by atoms with Crippen LogP contribution in [0.3, 0.4) is 0 Å². The molecule has 0 radical (unpaired) electrons. The molecule has 2 N–H and O–H groups in total. The highest BCUT2D eigenvalue weighted by Crippen LogP contribution is 2.27. The van der Waals surface area contributed by atoms with E-state index < -0.39 is 11.7 Å². The van der Waals surface area contributed by atoms with E-state index in [1.165, 1.54) is 41.2 Å². The molecule has 1 aliphatic heterocycles. The van der Waals surface area contributed by atoms with E-state index in [9.17, 15) is 14.0 Å². The average molecular weight is 520 g/mol. The van der Waals surface area contributed by atoms with Crippen LogP contribution in [-0.2, 0) is 4.74 Å². The molecular weight excluding hydrogens is 497 g/mol. The van der Waals surface area contributed by atoms with E-state index in [4.69, 9.17) is 16.3 Å². The number of amides is 2. The molecule has 0 bridgehead atoms. The molecule has 3 heterocycles. The van der Waals surface area contributed by atoms with E-state index in [2.05, 4.69) is 20.7 Å². The molecule has 0 unspecified atom stereocenters. The zero-order valence-electron chi connectivity index (χ0n) is 19.7. The monoisotopic (exact) mass is 519 g/mol. The van der Waals surface area contributed by atoms with E-state index in [0.29, 0.717) is 24.5 Å². The summed E-state index contributed by atoms with van der Waals surface area (Å²) in [6.07, 6.45) is 2.92. The fourth-order valence-electron chi connectivity index (χ4n) is 4.08. The second-order valence-electron chi connectivity index (χ2n) is 8.50. The van der Waals surface area contributed by atoms with E-state index in [1.807, 2.05) is 18.2 Å². The first-order chi connectivity index (χ1) is 18.0. The quantitative estimate of drug-likeness (QED) is 0.378. The normalized spacial score (nSPS) is 13.8. The predicted molar refractivity (Wildman–Crippen MR) is 137 cm³/mol. The lowest BCUT2D eigenvalue weighted by molar-refractivity contribution is 0.0694. The van der Waals surface area contributed by atoms with Crippen LogP contribution in [0.4, 0.5) is 10.2 Å². The molecule has 0 aliphatic carbocycles. The maximum absolute atomic E-state index is 14.3. The molecule has 37 heavy (non-hydrogen) atoms. The number of hydrogen-bond donors (Lipinski definition) is 2. The van der Waals surface area contributed by atoms with Gasteiger partial charge in [0.2, 0.25) is 0 Å². The first-order valence-electron chi connectivity index (χ1n) is 11.8. The van der Waals surface area contributed by atoms with Crippen molar-refractivity contribution in [2.24, 2.45) is 0 Å². The molecule has 2 aromatic heterocycles. The Hall–Kier alpha value is -4.08. The maximum atomic E-state index is 14.3. The van der Waals surface area contributed by atoms with E-state index >= 15 is 0 Å². The van der Waals surface area contributed by atoms with Crippen molar-refractivity contribution < 1.29 is 18.7 Å². The van der Waals surface area contributed by atoms with Crippen molar-refractivity contribution >= 4 is 29.2 Å². The minimum Gasteiger partial charge on any atom is -0.381 e. The van der Waals surface area contributed by atoms with Crippen molar-refractivity contribution in [3.63, 3.8) is 0 Å². The molecule has 0 spiro atoms. The summed E-state index contributed by atoms with van der Waals surface area (Å²) in [4.78, 5) is 30.3. The van der Waals surface area contributed by atoms with Gasteiger partial charge in [-0.2, -0.15) is 5.10 Å². The van der Waals surface area contributed by atoms with Crippen molar-refractivity contribution in [2.75, 3.05) is 18.5 Å². The van der Waals surface area contributed by atoms with Crippen LogP contribution in [-0.4, -0.2) is 45.8 Å². The summed E-state index contributed by atoms with van der Waals surface area (Å²) in [6.45, 7) is 1.18. The number of hydrogen-bond acceptors (Lipinski definition) is 5. The lowest BCUT2D eigenvalue weighted by Crippen LogP contribution is -2.39. The molecule has 1 saturated heterocycles. The molecule has 5 rings (SSSR count). The predicted octanol–water partition coefficient (Wildman–Crippen LogP) is 4.89. The summed E-state index contributed by atoms with van der Waals surface area (Å²) in [7, 11) is 0. The molecule has 8 nitrogen and oxygen atoms in total. The highest BCUT2D eigenvalue weighted by atomic mass is 35.5. The minimum absolute atomic E-state index is 0.00490. The number of halogens is 2. The van der Waals surface area contributed by atoms with Gasteiger partial charge >= 0.3 is 0 Å². The fraction of sp³-hybridized carbons (Fsp3) is 0.185. The second kappa shape index (κ2) is 10.9. The zero-order valence-corrected chi connectivity index (χ0v) is 20.4. The van der Waals surface area contributed by atoms with E-state index in [1.54, 1.807) is 18.2 Å². The molecule has 2 aromatic carbocycles. The van der Waals surface area contributed by atoms with Crippen LogP contribution in [0, 0.1) is 5.82 Å². The van der Waals surface area contributed by atoms with Crippen LogP contribution in [0.15, 0.2) is 72.9 Å². The number of rotatable bonds is 6. The molecule has 188 valence electrons. The minimum atomic E-state index is -0.545. The molecule has 1 aliphatic rings. The first-order valence-corrected chi connectivity index (χ1v) is 12.1. The number of nitrogens with one attached hydrogen (secondary N) is 2. The Morgan fingerprint density at radius 3 is 2.54 bits per heavy atom. The molecular formula is C27H23ClFN5O3.